The number of nitrogens with two attached hydrogens (primary N) is 1. The number of benzene rings is 1. The van der Waals surface area contributed by atoms with Crippen LogP contribution in [0.15, 0.2) is 29.7 Å². The minimum atomic E-state index is -0.370. The number of likely N-dealkylation sites (tertiary alicyclic amines) is 1. The zero-order valence-corrected chi connectivity index (χ0v) is 16.7. The first-order valence-electron chi connectivity index (χ1n) is 10.2. The number of carbonyl (C=O) groups is 2. The highest BCUT2D eigenvalue weighted by Crippen LogP contribution is 2.44. The summed E-state index contributed by atoms with van der Waals surface area (Å²) in [5.74, 6) is 0.409. The summed E-state index contributed by atoms with van der Waals surface area (Å²) < 4.78 is 16.6. The van der Waals surface area contributed by atoms with Crippen molar-refractivity contribution in [3.63, 3.8) is 0 Å². The Bertz CT molecular complexity index is 832. The Morgan fingerprint density at radius 3 is 2.76 bits per heavy atom. The summed E-state index contributed by atoms with van der Waals surface area (Å²) in [7, 11) is 0. The number of rotatable bonds is 6. The van der Waals surface area contributed by atoms with Crippen LogP contribution in [0.5, 0.6) is 11.5 Å². The maximum Gasteiger partial charge on any atom is 0.262 e. The second-order valence-electron chi connectivity index (χ2n) is 7.43. The van der Waals surface area contributed by atoms with Crippen molar-refractivity contribution in [3.05, 3.63) is 35.2 Å². The molecule has 0 aliphatic carbocycles. The number of fused-ring (bicyclic) bond motifs is 3. The molecule has 0 saturated carbocycles. The molecule has 2 fully saturated rings. The Morgan fingerprint density at radius 2 is 2.00 bits per heavy atom. The third kappa shape index (κ3) is 3.95. The highest BCUT2D eigenvalue weighted by atomic mass is 16.5. The van der Waals surface area contributed by atoms with Crippen LogP contribution >= 0.6 is 0 Å². The summed E-state index contributed by atoms with van der Waals surface area (Å²) in [6, 6.07) is 5.44. The van der Waals surface area contributed by atoms with Crippen molar-refractivity contribution in [1.29, 1.82) is 0 Å². The van der Waals surface area contributed by atoms with Gasteiger partial charge in [-0.1, -0.05) is 6.07 Å². The van der Waals surface area contributed by atoms with Crippen LogP contribution in [0.4, 0.5) is 0 Å². The highest BCUT2D eigenvalue weighted by Gasteiger charge is 2.43. The molecule has 29 heavy (non-hydrogen) atoms. The summed E-state index contributed by atoms with van der Waals surface area (Å²) in [5, 5.41) is 0. The Morgan fingerprint density at radius 1 is 1.21 bits per heavy atom. The minimum absolute atomic E-state index is 0.0758. The van der Waals surface area contributed by atoms with E-state index in [9.17, 15) is 9.59 Å². The molecule has 2 N–H and O–H groups in total. The van der Waals surface area contributed by atoms with Crippen LogP contribution in [-0.4, -0.2) is 67.6 Å². The molecule has 4 rings (SSSR count). The molecule has 8 heteroatoms. The number of piperidine rings is 1. The van der Waals surface area contributed by atoms with Gasteiger partial charge in [0.25, 0.3) is 5.91 Å². The molecule has 0 radical (unpaired) electrons. The molecule has 1 unspecified atom stereocenters. The molecule has 2 amide bonds. The Labute approximate surface area is 170 Å². The molecule has 3 aliphatic rings. The second kappa shape index (κ2) is 8.42. The predicted octanol–water partition coefficient (Wildman–Crippen LogP) is 1.21. The number of nitrogens with zero attached hydrogens (tertiary/aromatic N) is 2. The second-order valence-corrected chi connectivity index (χ2v) is 7.43. The van der Waals surface area contributed by atoms with E-state index in [0.717, 1.165) is 44.8 Å². The summed E-state index contributed by atoms with van der Waals surface area (Å²) in [4.78, 5) is 29.4. The Kier molecular flexibility index (Phi) is 5.73. The van der Waals surface area contributed by atoms with E-state index in [2.05, 4.69) is 4.90 Å². The fourth-order valence-corrected chi connectivity index (χ4v) is 4.16. The normalized spacial score (nSPS) is 22.2. The van der Waals surface area contributed by atoms with Crippen molar-refractivity contribution in [2.24, 2.45) is 5.73 Å². The quantitative estimate of drug-likeness (QED) is 0.716. The van der Waals surface area contributed by atoms with Gasteiger partial charge in [0.2, 0.25) is 5.91 Å². The zero-order chi connectivity index (χ0) is 20.4. The Hall–Kier alpha value is -2.58. The van der Waals surface area contributed by atoms with E-state index in [4.69, 9.17) is 19.9 Å². The van der Waals surface area contributed by atoms with Crippen LogP contribution < -0.4 is 15.2 Å². The van der Waals surface area contributed by atoms with Gasteiger partial charge >= 0.3 is 0 Å². The summed E-state index contributed by atoms with van der Waals surface area (Å²) >= 11 is 0. The monoisotopic (exact) mass is 401 g/mol. The van der Waals surface area contributed by atoms with Gasteiger partial charge in [-0.15, -0.1) is 0 Å². The van der Waals surface area contributed by atoms with E-state index in [1.807, 2.05) is 19.1 Å². The maximum absolute atomic E-state index is 13.1. The van der Waals surface area contributed by atoms with Crippen LogP contribution in [0.3, 0.4) is 0 Å². The number of morpholine rings is 1. The van der Waals surface area contributed by atoms with Gasteiger partial charge in [-0.2, -0.15) is 0 Å². The van der Waals surface area contributed by atoms with E-state index < -0.39 is 0 Å². The first-order chi connectivity index (χ1) is 14.1. The average Bonchev–Trinajstić information content (AvgIpc) is 2.71. The molecule has 0 bridgehead atoms. The lowest BCUT2D eigenvalue weighted by atomic mass is 9.82. The molecule has 1 aromatic rings. The molecular weight excluding hydrogens is 374 g/mol. The number of hydrogen-bond donors (Lipinski definition) is 1. The lowest BCUT2D eigenvalue weighted by molar-refractivity contribution is -0.145. The van der Waals surface area contributed by atoms with Crippen LogP contribution in [0, 0.1) is 0 Å². The van der Waals surface area contributed by atoms with E-state index in [1.165, 1.54) is 4.90 Å². The fourth-order valence-electron chi connectivity index (χ4n) is 4.16. The molecule has 156 valence electrons. The number of amides is 2. The number of hydrogen-bond acceptors (Lipinski definition) is 7. The standard InChI is InChI=1S/C21H27N3O5/c1-2-28-14-4-5-15-16-13-18(25)24(7-3-6-23-8-10-27-11-9-23)21(26)19(16)20(22)29-17(15)12-14/h4-5,12,16H,2-3,6-11,13,22H2,1H3. The third-order valence-corrected chi connectivity index (χ3v) is 5.62. The SMILES string of the molecule is CCOc1ccc2c(c1)OC(N)=C1C(=O)N(CCCN3CCOCC3)C(=O)CC12. The van der Waals surface area contributed by atoms with E-state index >= 15 is 0 Å². The maximum atomic E-state index is 13.1. The summed E-state index contributed by atoms with van der Waals surface area (Å²) in [6.45, 7) is 6.89. The van der Waals surface area contributed by atoms with Crippen LogP contribution in [0.25, 0.3) is 0 Å². The van der Waals surface area contributed by atoms with E-state index in [-0.39, 0.29) is 30.0 Å². The predicted molar refractivity (Wildman–Crippen MR) is 105 cm³/mol. The fraction of sp³-hybridized carbons (Fsp3) is 0.524. The topological polar surface area (TPSA) is 94.3 Å². The van der Waals surface area contributed by atoms with Crippen molar-refractivity contribution in [1.82, 2.24) is 9.80 Å². The minimum Gasteiger partial charge on any atom is -0.494 e. The molecule has 1 aromatic carbocycles. The van der Waals surface area contributed by atoms with Gasteiger partial charge in [-0.25, -0.2) is 0 Å². The van der Waals surface area contributed by atoms with Gasteiger partial charge in [-0.05, 0) is 19.4 Å². The molecule has 3 aliphatic heterocycles. The molecule has 0 aromatic heterocycles. The van der Waals surface area contributed by atoms with Gasteiger partial charge in [0.05, 0.1) is 25.4 Å². The largest absolute Gasteiger partial charge is 0.494 e. The molecule has 0 spiro atoms. The van der Waals surface area contributed by atoms with Crippen molar-refractivity contribution in [3.8, 4) is 11.5 Å². The van der Waals surface area contributed by atoms with Crippen LogP contribution in [0.2, 0.25) is 0 Å². The lowest BCUT2D eigenvalue weighted by Crippen LogP contribution is -2.47. The van der Waals surface area contributed by atoms with Crippen molar-refractivity contribution < 1.29 is 23.8 Å². The van der Waals surface area contributed by atoms with E-state index in [1.54, 1.807) is 6.07 Å². The number of ether oxygens (including phenoxy) is 3. The molecule has 8 nitrogen and oxygen atoms in total. The number of carbonyl (C=O) groups excluding carboxylic acids is 2. The number of imide groups is 1. The summed E-state index contributed by atoms with van der Waals surface area (Å²) in [5.41, 5.74) is 7.29. The first kappa shape index (κ1) is 19.7. The van der Waals surface area contributed by atoms with Gasteiger partial charge in [0.15, 0.2) is 5.88 Å². The lowest BCUT2D eigenvalue weighted by Gasteiger charge is -2.36. The zero-order valence-electron chi connectivity index (χ0n) is 16.7. The Balaban J connectivity index is 1.47. The van der Waals surface area contributed by atoms with Crippen molar-refractivity contribution in [2.75, 3.05) is 46.0 Å². The van der Waals surface area contributed by atoms with Gasteiger partial charge in [0.1, 0.15) is 11.5 Å². The van der Waals surface area contributed by atoms with Gasteiger partial charge < -0.3 is 19.9 Å². The molecule has 3 heterocycles. The van der Waals surface area contributed by atoms with E-state index in [0.29, 0.717) is 30.2 Å². The molecular formula is C21H27N3O5. The molecule has 2 saturated heterocycles. The first-order valence-corrected chi connectivity index (χ1v) is 10.2. The van der Waals surface area contributed by atoms with Gasteiger partial charge in [0, 0.05) is 50.1 Å². The van der Waals surface area contributed by atoms with Gasteiger partial charge in [-0.3, -0.25) is 19.4 Å². The summed E-state index contributed by atoms with van der Waals surface area (Å²) in [6.07, 6.45) is 0.939. The van der Waals surface area contributed by atoms with Crippen LogP contribution in [-0.2, 0) is 14.3 Å². The molecule has 1 atom stereocenters. The third-order valence-electron chi connectivity index (χ3n) is 5.62. The highest BCUT2D eigenvalue weighted by molar-refractivity contribution is 6.09. The average molecular weight is 401 g/mol. The van der Waals surface area contributed by atoms with Crippen LogP contribution in [0.1, 0.15) is 31.2 Å². The van der Waals surface area contributed by atoms with Crippen molar-refractivity contribution >= 4 is 11.8 Å². The van der Waals surface area contributed by atoms with Crippen molar-refractivity contribution in [2.45, 2.75) is 25.7 Å². The smallest absolute Gasteiger partial charge is 0.262 e.